The summed E-state index contributed by atoms with van der Waals surface area (Å²) < 4.78 is 11.2. The van der Waals surface area contributed by atoms with Gasteiger partial charge in [-0.15, -0.1) is 0 Å². The van der Waals surface area contributed by atoms with Crippen LogP contribution < -0.4 is 30.3 Å². The van der Waals surface area contributed by atoms with Crippen molar-refractivity contribution in [2.24, 2.45) is 17.1 Å². The van der Waals surface area contributed by atoms with E-state index in [-0.39, 0.29) is 28.2 Å². The Balaban J connectivity index is 1.26. The summed E-state index contributed by atoms with van der Waals surface area (Å²) in [5.74, 6) is 2.07. The number of rotatable bonds is 12. The lowest BCUT2D eigenvalue weighted by Gasteiger charge is -2.37. The number of anilines is 2. The summed E-state index contributed by atoms with van der Waals surface area (Å²) in [4.78, 5) is 20.4. The van der Waals surface area contributed by atoms with Crippen LogP contribution in [0.4, 0.5) is 11.4 Å². The van der Waals surface area contributed by atoms with Gasteiger partial charge < -0.3 is 30.3 Å². The second-order valence-electron chi connectivity index (χ2n) is 20.0. The van der Waals surface area contributed by atoms with Gasteiger partial charge in [0.2, 0.25) is 0 Å². The molecule has 0 spiro atoms. The number of hydrogen-bond acceptors (Lipinski definition) is 7. The second kappa shape index (κ2) is 18.1. The molecular formula is C57H68N4O3S. The molecule has 340 valence electrons. The highest BCUT2D eigenvalue weighted by atomic mass is 32.2. The minimum absolute atomic E-state index is 0.0800. The van der Waals surface area contributed by atoms with E-state index in [0.717, 1.165) is 42.3 Å². The fraction of sp³-hybridized carbons (Fsp3) is 0.386. The first kappa shape index (κ1) is 46.1. The highest BCUT2D eigenvalue weighted by Crippen LogP contribution is 2.54. The van der Waals surface area contributed by atoms with Crippen molar-refractivity contribution in [1.82, 2.24) is 5.32 Å². The van der Waals surface area contributed by atoms with Crippen molar-refractivity contribution in [2.45, 2.75) is 96.9 Å². The summed E-state index contributed by atoms with van der Waals surface area (Å²) in [6.07, 6.45) is 11.8. The van der Waals surface area contributed by atoms with Gasteiger partial charge in [-0.25, -0.2) is 0 Å². The van der Waals surface area contributed by atoms with Crippen molar-refractivity contribution in [2.75, 3.05) is 50.2 Å². The van der Waals surface area contributed by atoms with Crippen molar-refractivity contribution in [3.05, 3.63) is 148 Å². The fourth-order valence-electron chi connectivity index (χ4n) is 10.8. The van der Waals surface area contributed by atoms with Crippen LogP contribution >= 0.6 is 11.8 Å². The lowest BCUT2D eigenvalue weighted by Crippen LogP contribution is -2.40. The molecule has 2 aliphatic heterocycles. The first-order chi connectivity index (χ1) is 31.0. The van der Waals surface area contributed by atoms with E-state index in [1.165, 1.54) is 65.8 Å². The fourth-order valence-corrected chi connectivity index (χ4v) is 11.8. The number of nitrogens with two attached hydrogens (primary N) is 1. The summed E-state index contributed by atoms with van der Waals surface area (Å²) in [7, 11) is 3.47. The zero-order chi connectivity index (χ0) is 46.4. The van der Waals surface area contributed by atoms with E-state index in [0.29, 0.717) is 24.6 Å². The SMILES string of the molecule is CCN1/C(=C/C=C2\CC(C(C)(C)C)CC(/C=C/C3N(CC)c4ccc5cc(OC)ccc5c4C3(C)C)=C2Sc2ccc(C(=O)NCCN)cc2)C(C)(C)c2c1ccc1cc(OC)ccc21. The number of nitrogens with one attached hydrogen (secondary N) is 1. The highest BCUT2D eigenvalue weighted by Gasteiger charge is 2.44. The third kappa shape index (κ3) is 8.49. The lowest BCUT2D eigenvalue weighted by molar-refractivity contribution is 0.0954. The normalized spacial score (nSPS) is 20.4. The number of ether oxygens (including phenoxy) is 2. The number of allylic oxidation sites excluding steroid dienone is 6. The molecule has 1 amide bonds. The largest absolute Gasteiger partial charge is 0.497 e. The van der Waals surface area contributed by atoms with Gasteiger partial charge >= 0.3 is 0 Å². The summed E-state index contributed by atoms with van der Waals surface area (Å²) >= 11 is 1.82. The van der Waals surface area contributed by atoms with Gasteiger partial charge in [0, 0.05) is 69.4 Å². The van der Waals surface area contributed by atoms with Gasteiger partial charge in [0.25, 0.3) is 5.91 Å². The lowest BCUT2D eigenvalue weighted by atomic mass is 9.70. The molecule has 2 atom stereocenters. The van der Waals surface area contributed by atoms with Crippen molar-refractivity contribution in [1.29, 1.82) is 0 Å². The monoisotopic (exact) mass is 889 g/mol. The Bertz CT molecular complexity index is 2750. The summed E-state index contributed by atoms with van der Waals surface area (Å²) in [5, 5.41) is 7.86. The molecule has 0 radical (unpaired) electrons. The maximum absolute atomic E-state index is 12.9. The topological polar surface area (TPSA) is 80.1 Å². The van der Waals surface area contributed by atoms with Gasteiger partial charge in [0.15, 0.2) is 0 Å². The van der Waals surface area contributed by atoms with E-state index in [1.807, 2.05) is 23.9 Å². The molecule has 8 rings (SSSR count). The molecule has 3 aliphatic rings. The molecule has 2 heterocycles. The number of benzene rings is 5. The number of amides is 1. The van der Waals surface area contributed by atoms with Gasteiger partial charge in [-0.1, -0.05) is 103 Å². The number of thioether (sulfide) groups is 1. The van der Waals surface area contributed by atoms with Crippen molar-refractivity contribution < 1.29 is 14.3 Å². The Hall–Kier alpha value is -5.44. The molecule has 1 aliphatic carbocycles. The number of likely N-dealkylation sites (N-methyl/N-ethyl adjacent to an activating group) is 2. The number of fused-ring (bicyclic) bond motifs is 6. The van der Waals surface area contributed by atoms with Crippen LogP contribution in [0, 0.1) is 11.3 Å². The summed E-state index contributed by atoms with van der Waals surface area (Å²) in [6.45, 7) is 23.9. The second-order valence-corrected chi connectivity index (χ2v) is 21.1. The number of methoxy groups -OCH3 is 2. The minimum Gasteiger partial charge on any atom is -0.497 e. The quantitative estimate of drug-likeness (QED) is 0.129. The summed E-state index contributed by atoms with van der Waals surface area (Å²) in [5.41, 5.74) is 15.3. The van der Waals surface area contributed by atoms with E-state index in [1.54, 1.807) is 14.2 Å². The van der Waals surface area contributed by atoms with E-state index < -0.39 is 0 Å². The van der Waals surface area contributed by atoms with Gasteiger partial charge in [0.05, 0.1) is 20.3 Å². The van der Waals surface area contributed by atoms with Crippen LogP contribution in [-0.4, -0.2) is 52.3 Å². The first-order valence-corrected chi connectivity index (χ1v) is 24.2. The zero-order valence-corrected chi connectivity index (χ0v) is 41.2. The molecule has 3 N–H and O–H groups in total. The molecular weight excluding hydrogens is 821 g/mol. The highest BCUT2D eigenvalue weighted by molar-refractivity contribution is 8.03. The van der Waals surface area contributed by atoms with Crippen LogP contribution in [0.25, 0.3) is 21.5 Å². The van der Waals surface area contributed by atoms with E-state index >= 15 is 0 Å². The summed E-state index contributed by atoms with van der Waals surface area (Å²) in [6, 6.07) is 30.2. The van der Waals surface area contributed by atoms with Crippen LogP contribution in [0.2, 0.25) is 0 Å². The van der Waals surface area contributed by atoms with Crippen LogP contribution in [-0.2, 0) is 10.8 Å². The van der Waals surface area contributed by atoms with E-state index in [2.05, 4.69) is 175 Å². The Morgan fingerprint density at radius 2 is 1.45 bits per heavy atom. The minimum atomic E-state index is -0.239. The Kier molecular flexibility index (Phi) is 12.8. The maximum Gasteiger partial charge on any atom is 0.251 e. The Morgan fingerprint density at radius 3 is 2.03 bits per heavy atom. The van der Waals surface area contributed by atoms with Gasteiger partial charge in [-0.3, -0.25) is 4.79 Å². The molecule has 2 unspecified atom stereocenters. The molecule has 8 heteroatoms. The first-order valence-electron chi connectivity index (χ1n) is 23.4. The third-order valence-corrected chi connectivity index (χ3v) is 15.6. The smallest absolute Gasteiger partial charge is 0.251 e. The molecule has 0 fully saturated rings. The molecule has 5 aromatic rings. The maximum atomic E-state index is 12.9. The van der Waals surface area contributed by atoms with Crippen LogP contribution in [0.5, 0.6) is 11.5 Å². The molecule has 0 saturated heterocycles. The molecule has 0 bridgehead atoms. The van der Waals surface area contributed by atoms with Crippen LogP contribution in [0.3, 0.4) is 0 Å². The van der Waals surface area contributed by atoms with Crippen LogP contribution in [0.1, 0.15) is 96.6 Å². The van der Waals surface area contributed by atoms with Gasteiger partial charge in [-0.2, -0.15) is 0 Å². The van der Waals surface area contributed by atoms with Crippen molar-refractivity contribution >= 4 is 50.6 Å². The van der Waals surface area contributed by atoms with Crippen molar-refractivity contribution in [3.63, 3.8) is 0 Å². The molecule has 7 nitrogen and oxygen atoms in total. The van der Waals surface area contributed by atoms with E-state index in [4.69, 9.17) is 15.2 Å². The third-order valence-electron chi connectivity index (χ3n) is 14.4. The Labute approximate surface area is 391 Å². The number of nitrogens with zero attached hydrogens (tertiary/aromatic N) is 2. The number of carbonyl (C=O) groups excluding carboxylic acids is 1. The van der Waals surface area contributed by atoms with Gasteiger partial charge in [0.1, 0.15) is 11.5 Å². The average molecular weight is 889 g/mol. The molecule has 5 aromatic carbocycles. The predicted octanol–water partition coefficient (Wildman–Crippen LogP) is 12.9. The van der Waals surface area contributed by atoms with E-state index in [9.17, 15) is 4.79 Å². The average Bonchev–Trinajstić information content (AvgIpc) is 3.66. The number of hydrogen-bond donors (Lipinski definition) is 2. The van der Waals surface area contributed by atoms with Gasteiger partial charge in [-0.05, 0) is 149 Å². The predicted molar refractivity (Wildman–Crippen MR) is 275 cm³/mol. The van der Waals surface area contributed by atoms with Crippen molar-refractivity contribution in [3.8, 4) is 11.5 Å². The molecule has 65 heavy (non-hydrogen) atoms. The van der Waals surface area contributed by atoms with Crippen LogP contribution in [0.15, 0.2) is 136 Å². The molecule has 0 aromatic heterocycles. The zero-order valence-electron chi connectivity index (χ0n) is 40.4. The standard InChI is InChI=1S/C57H68N4O3S/c1-12-60-47-26-16-37-34-42(63-10)20-24-45(37)51(47)56(6,7)49(60)28-18-39-32-41(55(3,4)5)33-40(53(39)65-44-22-14-36(15-23-44)54(62)59-31-30-58)19-29-50-57(8,9)52-46-25-21-43(64-11)35-38(46)17-27-48(52)61(50)13-2/h14-29,34-35,41,49H,12-13,30-33,58H2,1-11H3,(H,59,62)/b28-18+,40-19+,50-29+. The Morgan fingerprint density at radius 1 is 0.815 bits per heavy atom. The number of carbonyl (C=O) groups is 1. The molecule has 0 saturated carbocycles.